The Labute approximate surface area is 87.2 Å². The third kappa shape index (κ3) is 3.81. The fourth-order valence-corrected chi connectivity index (χ4v) is 0.938. The number of rotatable bonds is 2. The molecule has 0 atom stereocenters. The summed E-state index contributed by atoms with van der Waals surface area (Å²) in [5.74, 6) is 0.210. The molecular formula is C8H11N5S. The van der Waals surface area contributed by atoms with Crippen LogP contribution < -0.4 is 16.8 Å². The van der Waals surface area contributed by atoms with Gasteiger partial charge in [-0.15, -0.1) is 0 Å². The average molecular weight is 209 g/mol. The number of nitrogens with two attached hydrogens (primary N) is 2. The third-order valence-electron chi connectivity index (χ3n) is 1.41. The molecule has 0 amide bonds. The molecule has 74 valence electrons. The Morgan fingerprint density at radius 2 is 2.36 bits per heavy atom. The first-order valence-corrected chi connectivity index (χ1v) is 4.34. The first-order valence-electron chi connectivity index (χ1n) is 3.94. The SMILES string of the molecule is NC(=S)NC(N)=NCc1cccnc1. The van der Waals surface area contributed by atoms with E-state index in [0.29, 0.717) is 6.54 Å². The van der Waals surface area contributed by atoms with Gasteiger partial charge in [0.2, 0.25) is 0 Å². The largest absolute Gasteiger partial charge is 0.376 e. The van der Waals surface area contributed by atoms with Crippen molar-refractivity contribution in [3.8, 4) is 0 Å². The predicted octanol–water partition coefficient (Wildman–Crippen LogP) is -0.270. The normalized spacial score (nSPS) is 11.0. The number of thiocarbonyl (C=S) groups is 1. The number of nitrogens with one attached hydrogen (secondary N) is 1. The van der Waals surface area contributed by atoms with Crippen LogP contribution in [-0.4, -0.2) is 16.1 Å². The molecule has 14 heavy (non-hydrogen) atoms. The molecule has 0 spiro atoms. The smallest absolute Gasteiger partial charge is 0.195 e. The van der Waals surface area contributed by atoms with Crippen molar-refractivity contribution in [1.29, 1.82) is 0 Å². The van der Waals surface area contributed by atoms with Crippen molar-refractivity contribution >= 4 is 23.3 Å². The summed E-state index contributed by atoms with van der Waals surface area (Å²) in [7, 11) is 0. The average Bonchev–Trinajstić information content (AvgIpc) is 2.15. The molecule has 1 aromatic rings. The van der Waals surface area contributed by atoms with Crippen LogP contribution in [0.3, 0.4) is 0 Å². The van der Waals surface area contributed by atoms with Crippen molar-refractivity contribution in [3.05, 3.63) is 30.1 Å². The molecule has 5 N–H and O–H groups in total. The van der Waals surface area contributed by atoms with Crippen LogP contribution in [0.5, 0.6) is 0 Å². The molecule has 0 unspecified atom stereocenters. The number of aromatic nitrogens is 1. The van der Waals surface area contributed by atoms with Gasteiger partial charge in [-0.1, -0.05) is 6.07 Å². The van der Waals surface area contributed by atoms with Gasteiger partial charge in [0.15, 0.2) is 11.1 Å². The molecule has 0 saturated carbocycles. The van der Waals surface area contributed by atoms with Crippen molar-refractivity contribution < 1.29 is 0 Å². The summed E-state index contributed by atoms with van der Waals surface area (Å²) in [6.45, 7) is 0.454. The van der Waals surface area contributed by atoms with E-state index in [1.54, 1.807) is 12.4 Å². The first-order chi connectivity index (χ1) is 6.68. The highest BCUT2D eigenvalue weighted by molar-refractivity contribution is 7.80. The van der Waals surface area contributed by atoms with Crippen molar-refractivity contribution in [2.75, 3.05) is 0 Å². The highest BCUT2D eigenvalue weighted by Crippen LogP contribution is 1.96. The lowest BCUT2D eigenvalue weighted by molar-refractivity contribution is 1.02. The van der Waals surface area contributed by atoms with Gasteiger partial charge in [-0.05, 0) is 23.8 Å². The Morgan fingerprint density at radius 1 is 1.57 bits per heavy atom. The molecule has 5 nitrogen and oxygen atoms in total. The summed E-state index contributed by atoms with van der Waals surface area (Å²) in [4.78, 5) is 7.95. The lowest BCUT2D eigenvalue weighted by Gasteiger charge is -2.01. The van der Waals surface area contributed by atoms with Crippen molar-refractivity contribution in [3.63, 3.8) is 0 Å². The topological polar surface area (TPSA) is 89.3 Å². The molecule has 0 bridgehead atoms. The van der Waals surface area contributed by atoms with Gasteiger partial charge in [-0.3, -0.25) is 4.98 Å². The van der Waals surface area contributed by atoms with Gasteiger partial charge in [-0.25, -0.2) is 4.99 Å². The van der Waals surface area contributed by atoms with Crippen LogP contribution in [0.25, 0.3) is 0 Å². The van der Waals surface area contributed by atoms with Crippen LogP contribution in [-0.2, 0) is 6.54 Å². The van der Waals surface area contributed by atoms with Crippen molar-refractivity contribution in [2.45, 2.75) is 6.54 Å². The molecule has 1 heterocycles. The summed E-state index contributed by atoms with van der Waals surface area (Å²) < 4.78 is 0. The number of nitrogens with zero attached hydrogens (tertiary/aromatic N) is 2. The maximum Gasteiger partial charge on any atom is 0.195 e. The number of pyridine rings is 1. The summed E-state index contributed by atoms with van der Waals surface area (Å²) >= 11 is 4.60. The van der Waals surface area contributed by atoms with E-state index >= 15 is 0 Å². The Hall–Kier alpha value is -1.69. The Morgan fingerprint density at radius 3 is 2.93 bits per heavy atom. The highest BCUT2D eigenvalue weighted by atomic mass is 32.1. The molecule has 0 aliphatic heterocycles. The first kappa shape index (κ1) is 10.4. The maximum atomic E-state index is 5.47. The maximum absolute atomic E-state index is 5.47. The second-order valence-corrected chi connectivity index (χ2v) is 2.99. The summed E-state index contributed by atoms with van der Waals surface area (Å²) in [6.07, 6.45) is 3.42. The van der Waals surface area contributed by atoms with Gasteiger partial charge in [0.25, 0.3) is 0 Å². The van der Waals surface area contributed by atoms with E-state index < -0.39 is 0 Å². The van der Waals surface area contributed by atoms with Gasteiger partial charge in [-0.2, -0.15) is 0 Å². The van der Waals surface area contributed by atoms with Gasteiger partial charge in [0.05, 0.1) is 6.54 Å². The van der Waals surface area contributed by atoms with E-state index in [2.05, 4.69) is 27.5 Å². The number of aliphatic imine (C=N–C) groups is 1. The molecule has 1 aromatic heterocycles. The van der Waals surface area contributed by atoms with E-state index in [-0.39, 0.29) is 11.1 Å². The number of guanidine groups is 1. The molecule has 0 radical (unpaired) electrons. The highest BCUT2D eigenvalue weighted by Gasteiger charge is 1.93. The van der Waals surface area contributed by atoms with Gasteiger partial charge in [0.1, 0.15) is 0 Å². The van der Waals surface area contributed by atoms with E-state index in [9.17, 15) is 0 Å². The summed E-state index contributed by atoms with van der Waals surface area (Å²) in [5, 5.41) is 2.64. The van der Waals surface area contributed by atoms with Crippen molar-refractivity contribution in [2.24, 2.45) is 16.5 Å². The second kappa shape index (κ2) is 5.13. The quantitative estimate of drug-likeness (QED) is 0.354. The van der Waals surface area contributed by atoms with Gasteiger partial charge in [0, 0.05) is 12.4 Å². The van der Waals surface area contributed by atoms with Gasteiger partial charge < -0.3 is 16.8 Å². The molecular weight excluding hydrogens is 198 g/mol. The summed E-state index contributed by atoms with van der Waals surface area (Å²) in [6, 6.07) is 3.74. The van der Waals surface area contributed by atoms with Crippen LogP contribution >= 0.6 is 12.2 Å². The van der Waals surface area contributed by atoms with Crippen molar-refractivity contribution in [1.82, 2.24) is 10.3 Å². The molecule has 6 heteroatoms. The monoisotopic (exact) mass is 209 g/mol. The van der Waals surface area contributed by atoms with E-state index in [4.69, 9.17) is 11.5 Å². The third-order valence-corrected chi connectivity index (χ3v) is 1.51. The van der Waals surface area contributed by atoms with Crippen LogP contribution in [0.2, 0.25) is 0 Å². The molecule has 0 aliphatic carbocycles. The predicted molar refractivity (Wildman–Crippen MR) is 59.5 cm³/mol. The molecule has 0 aliphatic rings. The fraction of sp³-hybridized carbons (Fsp3) is 0.125. The molecule has 1 rings (SSSR count). The fourth-order valence-electron chi connectivity index (χ4n) is 0.834. The van der Waals surface area contributed by atoms with E-state index in [1.807, 2.05) is 12.1 Å². The molecule has 0 saturated heterocycles. The second-order valence-electron chi connectivity index (χ2n) is 2.55. The van der Waals surface area contributed by atoms with Crippen LogP contribution in [0, 0.1) is 0 Å². The standard InChI is InChI=1S/C8H11N5S/c9-7(13-8(10)14)12-5-6-2-1-3-11-4-6/h1-4H,5H2,(H5,9,10,12,13,14). The molecule has 0 fully saturated rings. The minimum atomic E-state index is 0.109. The van der Waals surface area contributed by atoms with Crippen LogP contribution in [0.4, 0.5) is 0 Å². The lowest BCUT2D eigenvalue weighted by atomic mass is 10.3. The Bertz CT molecular complexity index is 335. The Balaban J connectivity index is 2.51. The zero-order valence-corrected chi connectivity index (χ0v) is 8.29. The summed E-state index contributed by atoms with van der Waals surface area (Å²) in [5.41, 5.74) is 11.7. The van der Waals surface area contributed by atoms with Crippen LogP contribution in [0.15, 0.2) is 29.5 Å². The van der Waals surface area contributed by atoms with Crippen LogP contribution in [0.1, 0.15) is 5.56 Å². The Kier molecular flexibility index (Phi) is 3.81. The lowest BCUT2D eigenvalue weighted by Crippen LogP contribution is -2.40. The van der Waals surface area contributed by atoms with E-state index in [0.717, 1.165) is 5.56 Å². The minimum absolute atomic E-state index is 0.109. The number of hydrogen-bond donors (Lipinski definition) is 3. The zero-order chi connectivity index (χ0) is 10.4. The van der Waals surface area contributed by atoms with Gasteiger partial charge >= 0.3 is 0 Å². The van der Waals surface area contributed by atoms with E-state index in [1.165, 1.54) is 0 Å². The number of hydrogen-bond acceptors (Lipinski definition) is 3. The molecule has 0 aromatic carbocycles. The zero-order valence-electron chi connectivity index (χ0n) is 7.47. The minimum Gasteiger partial charge on any atom is -0.376 e.